The number of hydrogen-bond acceptors (Lipinski definition) is 4. The van der Waals surface area contributed by atoms with Crippen LogP contribution in [-0.4, -0.2) is 30.0 Å². The SMILES string of the molecule is CCOc1cc(/C=C2/NC(=O)N(CC)C2=O)ccc1OCc1ccc(I)cc1. The molecular formula is C21H21IN2O4. The Morgan fingerprint density at radius 2 is 1.79 bits per heavy atom. The molecule has 0 aromatic heterocycles. The maximum atomic E-state index is 12.2. The molecule has 0 aliphatic carbocycles. The van der Waals surface area contributed by atoms with E-state index in [1.807, 2.05) is 43.3 Å². The Balaban J connectivity index is 1.79. The molecule has 3 amide bonds. The first-order valence-electron chi connectivity index (χ1n) is 9.00. The van der Waals surface area contributed by atoms with Crippen LogP contribution in [0.25, 0.3) is 6.08 Å². The van der Waals surface area contributed by atoms with Crippen molar-refractivity contribution in [3.05, 3.63) is 62.9 Å². The van der Waals surface area contributed by atoms with Crippen molar-refractivity contribution in [3.8, 4) is 11.5 Å². The van der Waals surface area contributed by atoms with E-state index in [9.17, 15) is 9.59 Å². The summed E-state index contributed by atoms with van der Waals surface area (Å²) in [6, 6.07) is 13.1. The van der Waals surface area contributed by atoms with Crippen molar-refractivity contribution in [3.63, 3.8) is 0 Å². The monoisotopic (exact) mass is 492 g/mol. The van der Waals surface area contributed by atoms with Crippen molar-refractivity contribution < 1.29 is 19.1 Å². The van der Waals surface area contributed by atoms with Crippen LogP contribution in [-0.2, 0) is 11.4 Å². The molecule has 6 nitrogen and oxygen atoms in total. The number of rotatable bonds is 7. The van der Waals surface area contributed by atoms with E-state index in [1.54, 1.807) is 19.1 Å². The molecule has 2 aromatic rings. The standard InChI is InChI=1S/C21H21IN2O4/c1-3-24-20(25)17(23-21(24)26)11-15-7-10-18(19(12-15)27-4-2)28-13-14-5-8-16(22)9-6-14/h5-12H,3-4,13H2,1-2H3,(H,23,26)/b17-11+. The zero-order valence-corrected chi connectivity index (χ0v) is 17.9. The Hall–Kier alpha value is -2.55. The van der Waals surface area contributed by atoms with Gasteiger partial charge in [0.15, 0.2) is 11.5 Å². The highest BCUT2D eigenvalue weighted by Gasteiger charge is 2.32. The molecule has 1 saturated heterocycles. The fourth-order valence-corrected chi connectivity index (χ4v) is 3.13. The van der Waals surface area contributed by atoms with Crippen LogP contribution in [0.2, 0.25) is 0 Å². The van der Waals surface area contributed by atoms with Gasteiger partial charge in [0.1, 0.15) is 12.3 Å². The quantitative estimate of drug-likeness (QED) is 0.358. The van der Waals surface area contributed by atoms with Crippen molar-refractivity contribution in [2.45, 2.75) is 20.5 Å². The van der Waals surface area contributed by atoms with Gasteiger partial charge in [-0.25, -0.2) is 4.79 Å². The fraction of sp³-hybridized carbons (Fsp3) is 0.238. The smallest absolute Gasteiger partial charge is 0.328 e. The maximum Gasteiger partial charge on any atom is 0.328 e. The minimum Gasteiger partial charge on any atom is -0.490 e. The van der Waals surface area contributed by atoms with Gasteiger partial charge in [0.25, 0.3) is 5.91 Å². The van der Waals surface area contributed by atoms with Crippen LogP contribution in [0.1, 0.15) is 25.0 Å². The number of carbonyl (C=O) groups is 2. The largest absolute Gasteiger partial charge is 0.490 e. The number of benzene rings is 2. The van der Waals surface area contributed by atoms with E-state index < -0.39 is 6.03 Å². The van der Waals surface area contributed by atoms with Gasteiger partial charge in [-0.3, -0.25) is 9.69 Å². The minimum atomic E-state index is -0.402. The van der Waals surface area contributed by atoms with Gasteiger partial charge >= 0.3 is 6.03 Å². The summed E-state index contributed by atoms with van der Waals surface area (Å²) in [5, 5.41) is 2.60. The predicted molar refractivity (Wildman–Crippen MR) is 115 cm³/mol. The molecule has 0 saturated carbocycles. The van der Waals surface area contributed by atoms with Crippen molar-refractivity contribution in [2.75, 3.05) is 13.2 Å². The molecule has 1 aliphatic rings. The molecule has 3 rings (SSSR count). The first-order valence-corrected chi connectivity index (χ1v) is 10.1. The number of urea groups is 1. The molecular weight excluding hydrogens is 471 g/mol. The van der Waals surface area contributed by atoms with Crippen LogP contribution in [0, 0.1) is 3.57 Å². The highest BCUT2D eigenvalue weighted by Crippen LogP contribution is 2.30. The summed E-state index contributed by atoms with van der Waals surface area (Å²) in [6.45, 7) is 4.90. The predicted octanol–water partition coefficient (Wildman–Crippen LogP) is 4.18. The highest BCUT2D eigenvalue weighted by molar-refractivity contribution is 14.1. The number of hydrogen-bond donors (Lipinski definition) is 1. The summed E-state index contributed by atoms with van der Waals surface area (Å²) in [5.74, 6) is 0.885. The van der Waals surface area contributed by atoms with Gasteiger partial charge in [0.2, 0.25) is 0 Å². The van der Waals surface area contributed by atoms with Crippen LogP contribution in [0.3, 0.4) is 0 Å². The van der Waals surface area contributed by atoms with E-state index in [1.165, 1.54) is 3.57 Å². The lowest BCUT2D eigenvalue weighted by molar-refractivity contribution is -0.122. The number of amides is 3. The van der Waals surface area contributed by atoms with E-state index in [0.717, 1.165) is 16.0 Å². The van der Waals surface area contributed by atoms with E-state index in [4.69, 9.17) is 9.47 Å². The molecule has 0 atom stereocenters. The molecule has 0 radical (unpaired) electrons. The van der Waals surface area contributed by atoms with Crippen molar-refractivity contribution in [2.24, 2.45) is 0 Å². The Morgan fingerprint density at radius 3 is 2.43 bits per heavy atom. The van der Waals surface area contributed by atoms with Crippen LogP contribution in [0.5, 0.6) is 11.5 Å². The zero-order chi connectivity index (χ0) is 20.1. The Kier molecular flexibility index (Phi) is 6.56. The molecule has 0 spiro atoms. The number of nitrogens with zero attached hydrogens (tertiary/aromatic N) is 1. The summed E-state index contributed by atoms with van der Waals surface area (Å²) in [6.07, 6.45) is 1.64. The van der Waals surface area contributed by atoms with Gasteiger partial charge in [-0.05, 0) is 77.9 Å². The number of halogens is 1. The summed E-state index contributed by atoms with van der Waals surface area (Å²) in [5.41, 5.74) is 2.06. The summed E-state index contributed by atoms with van der Waals surface area (Å²) in [7, 11) is 0. The second kappa shape index (κ2) is 9.09. The zero-order valence-electron chi connectivity index (χ0n) is 15.7. The van der Waals surface area contributed by atoms with E-state index in [2.05, 4.69) is 27.9 Å². The number of likely N-dealkylation sites (N-methyl/N-ethyl adjacent to an activating group) is 1. The molecule has 0 unspecified atom stereocenters. The first-order chi connectivity index (χ1) is 13.5. The lowest BCUT2D eigenvalue weighted by atomic mass is 10.1. The normalized spacial score (nSPS) is 15.1. The third-order valence-electron chi connectivity index (χ3n) is 4.16. The molecule has 28 heavy (non-hydrogen) atoms. The third-order valence-corrected chi connectivity index (χ3v) is 4.88. The van der Waals surface area contributed by atoms with Crippen LogP contribution in [0.4, 0.5) is 4.79 Å². The summed E-state index contributed by atoms with van der Waals surface area (Å²) < 4.78 is 12.8. The Labute approximate surface area is 177 Å². The molecule has 146 valence electrons. The fourth-order valence-electron chi connectivity index (χ4n) is 2.77. The van der Waals surface area contributed by atoms with Gasteiger partial charge < -0.3 is 14.8 Å². The number of ether oxygens (including phenoxy) is 2. The second-order valence-corrected chi connectivity index (χ2v) is 7.34. The Bertz CT molecular complexity index is 909. The summed E-state index contributed by atoms with van der Waals surface area (Å²) >= 11 is 2.26. The number of imide groups is 1. The molecule has 1 heterocycles. The van der Waals surface area contributed by atoms with Gasteiger partial charge in [0, 0.05) is 10.1 Å². The highest BCUT2D eigenvalue weighted by atomic mass is 127. The lowest BCUT2D eigenvalue weighted by Crippen LogP contribution is -2.30. The average molecular weight is 492 g/mol. The van der Waals surface area contributed by atoms with Gasteiger partial charge in [-0.2, -0.15) is 0 Å². The van der Waals surface area contributed by atoms with Gasteiger partial charge in [-0.1, -0.05) is 18.2 Å². The second-order valence-electron chi connectivity index (χ2n) is 6.09. The number of carbonyl (C=O) groups excluding carboxylic acids is 2. The van der Waals surface area contributed by atoms with Crippen molar-refractivity contribution in [1.82, 2.24) is 10.2 Å². The minimum absolute atomic E-state index is 0.252. The Morgan fingerprint density at radius 1 is 1.04 bits per heavy atom. The van der Waals surface area contributed by atoms with Crippen LogP contribution in [0.15, 0.2) is 48.2 Å². The first kappa shape index (κ1) is 20.2. The van der Waals surface area contributed by atoms with E-state index >= 15 is 0 Å². The van der Waals surface area contributed by atoms with Gasteiger partial charge in [-0.15, -0.1) is 0 Å². The average Bonchev–Trinajstić information content (AvgIpc) is 2.95. The molecule has 1 fully saturated rings. The van der Waals surface area contributed by atoms with Crippen LogP contribution < -0.4 is 14.8 Å². The maximum absolute atomic E-state index is 12.2. The third kappa shape index (κ3) is 4.64. The molecule has 1 aliphatic heterocycles. The van der Waals surface area contributed by atoms with E-state index in [-0.39, 0.29) is 11.6 Å². The van der Waals surface area contributed by atoms with Gasteiger partial charge in [0.05, 0.1) is 6.61 Å². The number of nitrogens with one attached hydrogen (secondary N) is 1. The molecule has 7 heteroatoms. The van der Waals surface area contributed by atoms with Crippen molar-refractivity contribution >= 4 is 40.6 Å². The molecule has 2 aromatic carbocycles. The van der Waals surface area contributed by atoms with E-state index in [0.29, 0.717) is 31.3 Å². The molecule has 1 N–H and O–H groups in total. The topological polar surface area (TPSA) is 67.9 Å². The molecule has 0 bridgehead atoms. The van der Waals surface area contributed by atoms with Crippen molar-refractivity contribution in [1.29, 1.82) is 0 Å². The lowest BCUT2D eigenvalue weighted by Gasteiger charge is -2.13. The summed E-state index contributed by atoms with van der Waals surface area (Å²) in [4.78, 5) is 25.2. The van der Waals surface area contributed by atoms with Crippen LogP contribution >= 0.6 is 22.6 Å².